The first-order valence-electron chi connectivity index (χ1n) is 18.1. The Balaban J connectivity index is 0.000000270. The standard InChI is InChI=1S/C21H25.C15H14.C12H19.2ClH.Zr/c1-20(2,3)16-9-7-14-11-15-8-10-17(21(4,5)6)13-19(15)18(14)12-16;1-12-3-7-14(8-4-12)11-15-9-5-13(2)6-10-15;1-5-6-10-7-8-11(9-10)12(2,3)4;;;/h7,9-10,12-13H,11H2,1-6H3;3-10H,1-2H3;8-10H,5-6H2,1-4H3;2*1H;/q-1;;-1;;;+2/p-2. The fourth-order valence-corrected chi connectivity index (χ4v) is 6.87. The molecule has 0 N–H and O–H groups in total. The third-order valence-corrected chi connectivity index (χ3v) is 10.9. The third-order valence-electron chi connectivity index (χ3n) is 9.51. The van der Waals surface area contributed by atoms with Crippen LogP contribution in [0.2, 0.25) is 0 Å². The van der Waals surface area contributed by atoms with E-state index >= 15 is 0 Å². The summed E-state index contributed by atoms with van der Waals surface area (Å²) in [6.45, 7) is 26.9. The first-order valence-corrected chi connectivity index (χ1v) is 19.3. The van der Waals surface area contributed by atoms with Gasteiger partial charge in [0.2, 0.25) is 0 Å². The van der Waals surface area contributed by atoms with E-state index in [1.165, 1.54) is 101 Å². The van der Waals surface area contributed by atoms with Gasteiger partial charge in [-0.25, -0.2) is 6.08 Å². The van der Waals surface area contributed by atoms with Gasteiger partial charge in [-0.3, -0.25) is 6.08 Å². The van der Waals surface area contributed by atoms with Crippen molar-refractivity contribution in [3.05, 3.63) is 153 Å². The Bertz CT molecular complexity index is 1690. The van der Waals surface area contributed by atoms with Crippen molar-refractivity contribution in [2.75, 3.05) is 0 Å². The molecular formula is C48H58Cl2Zr-2. The largest absolute Gasteiger partial charge is 1.00 e. The Hall–Kier alpha value is -2.31. The minimum absolute atomic E-state index is 0. The number of fused-ring (bicyclic) bond motifs is 3. The van der Waals surface area contributed by atoms with Crippen LogP contribution in [0, 0.1) is 37.3 Å². The summed E-state index contributed by atoms with van der Waals surface area (Å²) in [5.74, 6) is 0.587. The van der Waals surface area contributed by atoms with Gasteiger partial charge in [-0.05, 0) is 17.4 Å². The van der Waals surface area contributed by atoms with Gasteiger partial charge in [-0.2, -0.15) is 41.0 Å². The molecule has 0 fully saturated rings. The van der Waals surface area contributed by atoms with Crippen molar-refractivity contribution in [1.29, 1.82) is 0 Å². The summed E-state index contributed by atoms with van der Waals surface area (Å²) in [4.78, 5) is 0. The number of hydrogen-bond donors (Lipinski definition) is 0. The first-order chi connectivity index (χ1) is 22.9. The van der Waals surface area contributed by atoms with Crippen molar-refractivity contribution < 1.29 is 49.0 Å². The normalized spacial score (nSPS) is 14.4. The zero-order valence-corrected chi connectivity index (χ0v) is 37.1. The average molecular weight is 797 g/mol. The van der Waals surface area contributed by atoms with Gasteiger partial charge in [-0.1, -0.05) is 128 Å². The van der Waals surface area contributed by atoms with Gasteiger partial charge in [0.15, 0.2) is 0 Å². The van der Waals surface area contributed by atoms with Gasteiger partial charge in [0.1, 0.15) is 0 Å². The molecule has 3 heteroatoms. The maximum absolute atomic E-state index is 3.53. The number of rotatable bonds is 4. The molecule has 2 aliphatic rings. The van der Waals surface area contributed by atoms with Crippen LogP contribution >= 0.6 is 0 Å². The molecule has 1 unspecified atom stereocenters. The van der Waals surface area contributed by atoms with E-state index in [2.05, 4.69) is 186 Å². The zero-order valence-electron chi connectivity index (χ0n) is 33.1. The van der Waals surface area contributed by atoms with E-state index in [0.717, 1.165) is 6.42 Å². The molecule has 1 atom stereocenters. The fraction of sp³-hybridized carbons (Fsp3) is 0.396. The molecule has 270 valence electrons. The molecule has 0 aromatic heterocycles. The van der Waals surface area contributed by atoms with Crippen molar-refractivity contribution >= 4 is 3.21 Å². The van der Waals surface area contributed by atoms with Crippen molar-refractivity contribution in [2.24, 2.45) is 11.3 Å². The fourth-order valence-electron chi connectivity index (χ4n) is 6.05. The van der Waals surface area contributed by atoms with Crippen LogP contribution in [-0.4, -0.2) is 3.21 Å². The van der Waals surface area contributed by atoms with Gasteiger partial charge in [-0.15, -0.1) is 5.56 Å². The van der Waals surface area contributed by atoms with E-state index in [1.54, 1.807) is 0 Å². The molecule has 0 heterocycles. The smallest absolute Gasteiger partial charge is 1.00 e. The quantitative estimate of drug-likeness (QED) is 0.175. The van der Waals surface area contributed by atoms with Gasteiger partial charge in [0.25, 0.3) is 0 Å². The second-order valence-electron chi connectivity index (χ2n) is 17.0. The van der Waals surface area contributed by atoms with E-state index in [0.29, 0.717) is 11.3 Å². The summed E-state index contributed by atoms with van der Waals surface area (Å²) < 4.78 is 1.42. The molecule has 0 nitrogen and oxygen atoms in total. The second kappa shape index (κ2) is 18.6. The van der Waals surface area contributed by atoms with Crippen LogP contribution in [0.15, 0.2) is 96.6 Å². The number of hydrogen-bond acceptors (Lipinski definition) is 0. The van der Waals surface area contributed by atoms with Crippen molar-refractivity contribution in [3.8, 4) is 11.1 Å². The molecule has 4 aromatic carbocycles. The minimum atomic E-state index is 0. The molecule has 0 aliphatic heterocycles. The summed E-state index contributed by atoms with van der Waals surface area (Å²) in [5, 5.41) is 0. The van der Waals surface area contributed by atoms with E-state index in [-0.39, 0.29) is 35.6 Å². The predicted octanol–water partition coefficient (Wildman–Crippen LogP) is 6.83. The zero-order chi connectivity index (χ0) is 36.1. The predicted molar refractivity (Wildman–Crippen MR) is 210 cm³/mol. The van der Waals surface area contributed by atoms with E-state index in [9.17, 15) is 0 Å². The number of allylic oxidation sites excluding steroid dienone is 4. The second-order valence-corrected chi connectivity index (χ2v) is 18.2. The Labute approximate surface area is 338 Å². The Kier molecular flexibility index (Phi) is 16.4. The van der Waals surface area contributed by atoms with Gasteiger partial charge < -0.3 is 24.8 Å². The average Bonchev–Trinajstić information content (AvgIpc) is 3.66. The van der Waals surface area contributed by atoms with Crippen molar-refractivity contribution in [2.45, 2.75) is 113 Å². The molecule has 4 aromatic rings. The summed E-state index contributed by atoms with van der Waals surface area (Å²) >= 11 is 1.46. The van der Waals surface area contributed by atoms with E-state index in [1.807, 2.05) is 0 Å². The molecule has 0 saturated heterocycles. The van der Waals surface area contributed by atoms with Crippen LogP contribution < -0.4 is 24.8 Å². The molecule has 0 saturated carbocycles. The van der Waals surface area contributed by atoms with Crippen LogP contribution in [0.5, 0.6) is 0 Å². The van der Waals surface area contributed by atoms with Crippen molar-refractivity contribution in [3.63, 3.8) is 0 Å². The Morgan fingerprint density at radius 2 is 1.20 bits per heavy atom. The van der Waals surface area contributed by atoms with Gasteiger partial charge in [0, 0.05) is 0 Å². The summed E-state index contributed by atoms with van der Waals surface area (Å²) in [5.41, 5.74) is 15.8. The number of benzene rings is 4. The maximum atomic E-state index is 3.53. The summed E-state index contributed by atoms with van der Waals surface area (Å²) in [6.07, 6.45) is 11.5. The Morgan fingerprint density at radius 3 is 1.65 bits per heavy atom. The minimum Gasteiger partial charge on any atom is -1.00 e. The topological polar surface area (TPSA) is 0 Å². The number of aryl methyl sites for hydroxylation is 2. The van der Waals surface area contributed by atoms with E-state index in [4.69, 9.17) is 0 Å². The SMILES string of the molecule is CC(C)(C)c1c[c-]c2c(c1)-c1cc(C(C)(C)C)ccc1C2.CCCC1[C-]=CC(C(C)(C)C)=C1.Cc1ccc([C](=[Zr+2])c2ccc(C)cc2)cc1.[Cl-].[Cl-]. The molecule has 51 heavy (non-hydrogen) atoms. The molecule has 0 spiro atoms. The van der Waals surface area contributed by atoms with Gasteiger partial charge in [0.05, 0.1) is 0 Å². The summed E-state index contributed by atoms with van der Waals surface area (Å²) in [6, 6.07) is 32.6. The third kappa shape index (κ3) is 12.4. The molecule has 6 rings (SSSR count). The molecule has 0 radical (unpaired) electrons. The van der Waals surface area contributed by atoms with E-state index < -0.39 is 0 Å². The molecule has 0 amide bonds. The molecule has 2 aliphatic carbocycles. The van der Waals surface area contributed by atoms with Gasteiger partial charge >= 0.3 is 112 Å². The van der Waals surface area contributed by atoms with Crippen LogP contribution in [0.25, 0.3) is 11.1 Å². The Morgan fingerprint density at radius 1 is 0.686 bits per heavy atom. The first kappa shape index (κ1) is 44.9. The van der Waals surface area contributed by atoms with Crippen LogP contribution in [0.3, 0.4) is 0 Å². The van der Waals surface area contributed by atoms with Crippen molar-refractivity contribution in [1.82, 2.24) is 0 Å². The summed E-state index contributed by atoms with van der Waals surface area (Å²) in [7, 11) is 0. The monoisotopic (exact) mass is 794 g/mol. The van der Waals surface area contributed by atoms with Crippen LogP contribution in [0.1, 0.15) is 127 Å². The van der Waals surface area contributed by atoms with Crippen LogP contribution in [-0.2, 0) is 41.5 Å². The number of halogens is 2. The molecular weight excluding hydrogens is 739 g/mol. The molecule has 0 bridgehead atoms. The van der Waals surface area contributed by atoms with Crippen LogP contribution in [0.4, 0.5) is 0 Å². The maximum Gasteiger partial charge on any atom is -1.00 e.